The molecular formula is C21H33NO5. The smallest absolute Gasteiger partial charge is 0.407 e. The molecule has 1 N–H and O–H groups in total. The first-order valence-corrected chi connectivity index (χ1v) is 9.54. The average molecular weight is 379 g/mol. The van der Waals surface area contributed by atoms with E-state index < -0.39 is 5.60 Å². The molecule has 0 saturated heterocycles. The lowest BCUT2D eigenvalue weighted by atomic mass is 10.0. The van der Waals surface area contributed by atoms with Crippen LogP contribution in [0.3, 0.4) is 0 Å². The second kappa shape index (κ2) is 11.5. The van der Waals surface area contributed by atoms with Crippen LogP contribution in [0.25, 0.3) is 0 Å². The van der Waals surface area contributed by atoms with Crippen LogP contribution in [-0.2, 0) is 20.7 Å². The van der Waals surface area contributed by atoms with Crippen LogP contribution in [0.15, 0.2) is 24.3 Å². The predicted octanol–water partition coefficient (Wildman–Crippen LogP) is 4.11. The van der Waals surface area contributed by atoms with Crippen molar-refractivity contribution in [2.45, 2.75) is 59.5 Å². The SMILES string of the molecule is CCOC(=O)Cc1cccc(OCCC(C)CCNC(=O)OC(C)(C)C)c1. The van der Waals surface area contributed by atoms with E-state index in [-0.39, 0.29) is 18.5 Å². The Kier molecular flexibility index (Phi) is 9.68. The first-order chi connectivity index (χ1) is 12.7. The largest absolute Gasteiger partial charge is 0.494 e. The third-order valence-electron chi connectivity index (χ3n) is 3.74. The van der Waals surface area contributed by atoms with Gasteiger partial charge in [0, 0.05) is 6.54 Å². The van der Waals surface area contributed by atoms with Gasteiger partial charge in [0.2, 0.25) is 0 Å². The predicted molar refractivity (Wildman–Crippen MR) is 105 cm³/mol. The van der Waals surface area contributed by atoms with Crippen molar-refractivity contribution < 1.29 is 23.8 Å². The lowest BCUT2D eigenvalue weighted by Gasteiger charge is -2.20. The number of carbonyl (C=O) groups is 2. The van der Waals surface area contributed by atoms with Crippen molar-refractivity contribution >= 4 is 12.1 Å². The monoisotopic (exact) mass is 379 g/mol. The lowest BCUT2D eigenvalue weighted by molar-refractivity contribution is -0.142. The molecule has 0 aliphatic carbocycles. The summed E-state index contributed by atoms with van der Waals surface area (Å²) in [5.74, 6) is 0.916. The van der Waals surface area contributed by atoms with Gasteiger partial charge in [-0.1, -0.05) is 19.1 Å². The molecule has 1 rings (SSSR count). The molecule has 1 unspecified atom stereocenters. The summed E-state index contributed by atoms with van der Waals surface area (Å²) in [4.78, 5) is 23.1. The van der Waals surface area contributed by atoms with Gasteiger partial charge < -0.3 is 19.5 Å². The summed E-state index contributed by atoms with van der Waals surface area (Å²) >= 11 is 0. The Labute approximate surface area is 162 Å². The first-order valence-electron chi connectivity index (χ1n) is 9.54. The Hall–Kier alpha value is -2.24. The van der Waals surface area contributed by atoms with Gasteiger partial charge in [-0.2, -0.15) is 0 Å². The molecule has 1 aromatic carbocycles. The maximum Gasteiger partial charge on any atom is 0.407 e. The first kappa shape index (κ1) is 22.8. The van der Waals surface area contributed by atoms with Gasteiger partial charge in [-0.25, -0.2) is 4.79 Å². The zero-order chi connectivity index (χ0) is 20.3. The highest BCUT2D eigenvalue weighted by Gasteiger charge is 2.15. The van der Waals surface area contributed by atoms with E-state index >= 15 is 0 Å². The molecule has 0 aliphatic heterocycles. The van der Waals surface area contributed by atoms with Crippen LogP contribution in [0, 0.1) is 5.92 Å². The Morgan fingerprint density at radius 2 is 1.93 bits per heavy atom. The fourth-order valence-corrected chi connectivity index (χ4v) is 2.38. The van der Waals surface area contributed by atoms with Crippen LogP contribution < -0.4 is 10.1 Å². The second-order valence-electron chi connectivity index (χ2n) is 7.59. The van der Waals surface area contributed by atoms with E-state index in [2.05, 4.69) is 12.2 Å². The number of esters is 1. The minimum absolute atomic E-state index is 0.235. The molecule has 0 aromatic heterocycles. The van der Waals surface area contributed by atoms with E-state index in [9.17, 15) is 9.59 Å². The standard InChI is InChI=1S/C21H33NO5/c1-6-25-19(23)15-17-8-7-9-18(14-17)26-13-11-16(2)10-12-22-20(24)27-21(3,4)5/h7-9,14,16H,6,10-13,15H2,1-5H3,(H,22,24). The molecule has 27 heavy (non-hydrogen) atoms. The Bertz CT molecular complexity index is 594. The van der Waals surface area contributed by atoms with Crippen LogP contribution in [0.5, 0.6) is 5.75 Å². The summed E-state index contributed by atoms with van der Waals surface area (Å²) in [6.07, 6.45) is 1.59. The maximum absolute atomic E-state index is 11.6. The summed E-state index contributed by atoms with van der Waals surface area (Å²) in [6.45, 7) is 11.0. The molecule has 0 bridgehead atoms. The Morgan fingerprint density at radius 3 is 2.59 bits per heavy atom. The summed E-state index contributed by atoms with van der Waals surface area (Å²) in [6, 6.07) is 7.50. The number of amides is 1. The number of hydrogen-bond donors (Lipinski definition) is 1. The quantitative estimate of drug-likeness (QED) is 0.619. The molecule has 152 valence electrons. The molecule has 6 heteroatoms. The molecule has 1 atom stereocenters. The molecular weight excluding hydrogens is 346 g/mol. The minimum Gasteiger partial charge on any atom is -0.494 e. The highest BCUT2D eigenvalue weighted by Crippen LogP contribution is 2.16. The zero-order valence-electron chi connectivity index (χ0n) is 17.2. The molecule has 0 fully saturated rings. The van der Waals surface area contributed by atoms with Gasteiger partial charge in [0.25, 0.3) is 0 Å². The topological polar surface area (TPSA) is 73.9 Å². The Balaban J connectivity index is 2.26. The van der Waals surface area contributed by atoms with Gasteiger partial charge in [0.05, 0.1) is 19.6 Å². The highest BCUT2D eigenvalue weighted by atomic mass is 16.6. The third kappa shape index (κ3) is 11.2. The van der Waals surface area contributed by atoms with Crippen molar-refractivity contribution in [2.75, 3.05) is 19.8 Å². The number of carbonyl (C=O) groups excluding carboxylic acids is 2. The van der Waals surface area contributed by atoms with Gasteiger partial charge in [-0.15, -0.1) is 0 Å². The number of rotatable bonds is 10. The summed E-state index contributed by atoms with van der Waals surface area (Å²) < 4.78 is 16.0. The summed E-state index contributed by atoms with van der Waals surface area (Å²) in [5, 5.41) is 2.77. The van der Waals surface area contributed by atoms with Crippen LogP contribution >= 0.6 is 0 Å². The van der Waals surface area contributed by atoms with Crippen molar-refractivity contribution in [3.8, 4) is 5.75 Å². The molecule has 0 spiro atoms. The molecule has 0 heterocycles. The van der Waals surface area contributed by atoms with Gasteiger partial charge in [-0.3, -0.25) is 4.79 Å². The van der Waals surface area contributed by atoms with Crippen LogP contribution in [0.2, 0.25) is 0 Å². The van der Waals surface area contributed by atoms with Crippen LogP contribution in [-0.4, -0.2) is 37.4 Å². The van der Waals surface area contributed by atoms with Gasteiger partial charge in [0.15, 0.2) is 0 Å². The lowest BCUT2D eigenvalue weighted by Crippen LogP contribution is -2.33. The van der Waals surface area contributed by atoms with Gasteiger partial charge in [0.1, 0.15) is 11.4 Å². The third-order valence-corrected chi connectivity index (χ3v) is 3.74. The van der Waals surface area contributed by atoms with Crippen LogP contribution in [0.1, 0.15) is 53.0 Å². The molecule has 1 amide bonds. The van der Waals surface area contributed by atoms with Crippen molar-refractivity contribution in [2.24, 2.45) is 5.92 Å². The van der Waals surface area contributed by atoms with Crippen molar-refractivity contribution in [3.05, 3.63) is 29.8 Å². The number of ether oxygens (including phenoxy) is 3. The van der Waals surface area contributed by atoms with E-state index in [0.29, 0.717) is 25.7 Å². The number of hydrogen-bond acceptors (Lipinski definition) is 5. The van der Waals surface area contributed by atoms with E-state index in [1.165, 1.54) is 0 Å². The fourth-order valence-electron chi connectivity index (χ4n) is 2.38. The van der Waals surface area contributed by atoms with E-state index in [0.717, 1.165) is 24.2 Å². The van der Waals surface area contributed by atoms with E-state index in [4.69, 9.17) is 14.2 Å². The highest BCUT2D eigenvalue weighted by molar-refractivity contribution is 5.72. The van der Waals surface area contributed by atoms with E-state index in [1.54, 1.807) is 6.92 Å². The van der Waals surface area contributed by atoms with Crippen LogP contribution in [0.4, 0.5) is 4.79 Å². The normalized spacial score (nSPS) is 12.2. The number of benzene rings is 1. The fraction of sp³-hybridized carbons (Fsp3) is 0.619. The molecule has 0 aliphatic rings. The van der Waals surface area contributed by atoms with E-state index in [1.807, 2.05) is 45.0 Å². The van der Waals surface area contributed by atoms with Gasteiger partial charge in [-0.05, 0) is 64.2 Å². The molecule has 1 aromatic rings. The van der Waals surface area contributed by atoms with Crippen molar-refractivity contribution in [1.29, 1.82) is 0 Å². The number of nitrogens with one attached hydrogen (secondary N) is 1. The van der Waals surface area contributed by atoms with Gasteiger partial charge >= 0.3 is 12.1 Å². The van der Waals surface area contributed by atoms with Crippen molar-refractivity contribution in [1.82, 2.24) is 5.32 Å². The molecule has 0 radical (unpaired) electrons. The molecule has 6 nitrogen and oxygen atoms in total. The maximum atomic E-state index is 11.6. The zero-order valence-corrected chi connectivity index (χ0v) is 17.2. The molecule has 0 saturated carbocycles. The number of alkyl carbamates (subject to hydrolysis) is 1. The second-order valence-corrected chi connectivity index (χ2v) is 7.59. The summed E-state index contributed by atoms with van der Waals surface area (Å²) in [7, 11) is 0. The minimum atomic E-state index is -0.481. The Morgan fingerprint density at radius 1 is 1.19 bits per heavy atom. The average Bonchev–Trinajstić information content (AvgIpc) is 2.53. The van der Waals surface area contributed by atoms with Crippen molar-refractivity contribution in [3.63, 3.8) is 0 Å². The summed E-state index contributed by atoms with van der Waals surface area (Å²) in [5.41, 5.74) is 0.395.